The van der Waals surface area contributed by atoms with Crippen LogP contribution in [0.15, 0.2) is 10.3 Å². The van der Waals surface area contributed by atoms with Crippen molar-refractivity contribution >= 4 is 21.6 Å². The molecule has 0 unspecified atom stereocenters. The first-order valence-electron chi connectivity index (χ1n) is 5.71. The van der Waals surface area contributed by atoms with Crippen molar-refractivity contribution in [2.75, 3.05) is 25.7 Å². The molecule has 0 spiro atoms. The molecule has 0 aromatic heterocycles. The van der Waals surface area contributed by atoms with Crippen LogP contribution in [-0.2, 0) is 31.1 Å². The number of hydrogen-bond acceptors (Lipinski definition) is 4. The van der Waals surface area contributed by atoms with Gasteiger partial charge in [-0.05, 0) is 25.7 Å². The van der Waals surface area contributed by atoms with Crippen molar-refractivity contribution in [3.05, 3.63) is 10.3 Å². The lowest BCUT2D eigenvalue weighted by Crippen LogP contribution is -2.17. The van der Waals surface area contributed by atoms with E-state index in [1.165, 1.54) is 0 Å². The molecule has 0 radical (unpaired) electrons. The van der Waals surface area contributed by atoms with E-state index in [4.69, 9.17) is 9.47 Å². The highest BCUT2D eigenvalue weighted by atomic mass is 32.2. The number of methoxy groups -OCH3 is 2. The minimum Gasteiger partial charge on any atom is -0.356 e. The fraction of sp³-hybridized carbons (Fsp3) is 0.818. The van der Waals surface area contributed by atoms with Crippen LogP contribution >= 0.6 is 0 Å². The quantitative estimate of drug-likeness (QED) is 0.547. The molecule has 1 fully saturated rings. The van der Waals surface area contributed by atoms with Gasteiger partial charge in [0.05, 0.1) is 25.8 Å². The maximum atomic E-state index is 11.6. The molecular formula is C11H20O4S2. The first-order chi connectivity index (χ1) is 8.19. The number of hydrogen-bond donors (Lipinski definition) is 0. The van der Waals surface area contributed by atoms with Crippen LogP contribution in [0.1, 0.15) is 25.7 Å². The zero-order valence-electron chi connectivity index (χ0n) is 10.3. The number of rotatable bonds is 6. The second-order valence-corrected chi connectivity index (χ2v) is 7.14. The van der Waals surface area contributed by atoms with E-state index in [0.717, 1.165) is 25.7 Å². The predicted octanol–water partition coefficient (Wildman–Crippen LogP) is 1.52. The van der Waals surface area contributed by atoms with E-state index >= 15 is 0 Å². The van der Waals surface area contributed by atoms with Crippen molar-refractivity contribution < 1.29 is 17.9 Å². The van der Waals surface area contributed by atoms with Gasteiger partial charge in [-0.15, -0.1) is 0 Å². The molecule has 0 amide bonds. The third-order valence-corrected chi connectivity index (χ3v) is 6.25. The molecule has 0 saturated carbocycles. The molecule has 1 rings (SSSR count). The normalized spacial score (nSPS) is 25.2. The third kappa shape index (κ3) is 4.99. The summed E-state index contributed by atoms with van der Waals surface area (Å²) in [6.45, 7) is 0. The predicted molar refractivity (Wildman–Crippen MR) is 70.4 cm³/mol. The highest BCUT2D eigenvalue weighted by Gasteiger charge is 2.20. The first-order valence-corrected chi connectivity index (χ1v) is 8.35. The van der Waals surface area contributed by atoms with Gasteiger partial charge in [-0.1, -0.05) is 6.08 Å². The summed E-state index contributed by atoms with van der Waals surface area (Å²) >= 11 is 0. The van der Waals surface area contributed by atoms with Gasteiger partial charge >= 0.3 is 0 Å². The van der Waals surface area contributed by atoms with Gasteiger partial charge in [-0.2, -0.15) is 0 Å². The Labute approximate surface area is 108 Å². The van der Waals surface area contributed by atoms with Crippen LogP contribution in [0.2, 0.25) is 0 Å². The average molecular weight is 280 g/mol. The Kier molecular flexibility index (Phi) is 7.18. The summed E-state index contributed by atoms with van der Waals surface area (Å²) in [6.07, 6.45) is 4.92. The summed E-state index contributed by atoms with van der Waals surface area (Å²) in [6, 6.07) is 0. The minimum atomic E-state index is -1.03. The molecule has 0 N–H and O–H groups in total. The lowest BCUT2D eigenvalue weighted by Gasteiger charge is -2.14. The van der Waals surface area contributed by atoms with Crippen LogP contribution in [0.5, 0.6) is 0 Å². The summed E-state index contributed by atoms with van der Waals surface area (Å²) in [4.78, 5) is 0. The van der Waals surface area contributed by atoms with E-state index < -0.39 is 21.6 Å². The van der Waals surface area contributed by atoms with Gasteiger partial charge in [0.25, 0.3) is 0 Å². The van der Waals surface area contributed by atoms with Crippen molar-refractivity contribution in [3.8, 4) is 0 Å². The van der Waals surface area contributed by atoms with Gasteiger partial charge in [0.15, 0.2) is 6.29 Å². The van der Waals surface area contributed by atoms with Crippen LogP contribution in [-0.4, -0.2) is 40.4 Å². The molecule has 100 valence electrons. The molecule has 1 aliphatic heterocycles. The fourth-order valence-electron chi connectivity index (χ4n) is 1.65. The van der Waals surface area contributed by atoms with Crippen LogP contribution in [0.25, 0.3) is 0 Å². The van der Waals surface area contributed by atoms with E-state index in [1.807, 2.05) is 6.08 Å². The van der Waals surface area contributed by atoms with Gasteiger partial charge < -0.3 is 9.47 Å². The van der Waals surface area contributed by atoms with E-state index in [1.54, 1.807) is 14.2 Å². The molecule has 17 heavy (non-hydrogen) atoms. The average Bonchev–Trinajstić information content (AvgIpc) is 2.32. The Balaban J connectivity index is 2.37. The Bertz CT molecular complexity index is 293. The van der Waals surface area contributed by atoms with Crippen LogP contribution in [0.4, 0.5) is 0 Å². The topological polar surface area (TPSA) is 52.6 Å². The monoisotopic (exact) mass is 280 g/mol. The highest BCUT2D eigenvalue weighted by molar-refractivity contribution is 8.09. The molecule has 0 aromatic rings. The van der Waals surface area contributed by atoms with Crippen molar-refractivity contribution in [2.45, 2.75) is 32.0 Å². The lowest BCUT2D eigenvalue weighted by atomic mass is 10.2. The molecule has 1 heterocycles. The number of unbranched alkanes of at least 4 members (excludes halogenated alkanes) is 1. The largest absolute Gasteiger partial charge is 0.356 e. The summed E-state index contributed by atoms with van der Waals surface area (Å²) < 4.78 is 34.1. The molecular weight excluding hydrogens is 260 g/mol. The fourth-order valence-corrected chi connectivity index (χ4v) is 4.98. The second kappa shape index (κ2) is 8.13. The third-order valence-electron chi connectivity index (χ3n) is 2.59. The Morgan fingerprint density at radius 2 is 1.82 bits per heavy atom. The maximum absolute atomic E-state index is 11.6. The Morgan fingerprint density at radius 1 is 1.24 bits per heavy atom. The molecule has 6 heteroatoms. The smallest absolute Gasteiger partial charge is 0.156 e. The van der Waals surface area contributed by atoms with E-state index in [9.17, 15) is 8.42 Å². The lowest BCUT2D eigenvalue weighted by molar-refractivity contribution is -0.106. The van der Waals surface area contributed by atoms with E-state index in [0.29, 0.717) is 15.7 Å². The zero-order valence-corrected chi connectivity index (χ0v) is 12.0. The molecule has 0 aliphatic carbocycles. The number of allylic oxidation sites excluding steroid dienone is 1. The van der Waals surface area contributed by atoms with Crippen molar-refractivity contribution in [2.24, 2.45) is 0 Å². The van der Waals surface area contributed by atoms with Crippen molar-refractivity contribution in [1.29, 1.82) is 0 Å². The summed E-state index contributed by atoms with van der Waals surface area (Å²) in [5.74, 6) is 1.30. The van der Waals surface area contributed by atoms with E-state index in [-0.39, 0.29) is 6.29 Å². The summed E-state index contributed by atoms with van der Waals surface area (Å²) in [5, 5.41) is 0. The zero-order chi connectivity index (χ0) is 12.7. The second-order valence-electron chi connectivity index (χ2n) is 3.81. The van der Waals surface area contributed by atoms with Crippen LogP contribution < -0.4 is 0 Å². The van der Waals surface area contributed by atoms with Gasteiger partial charge in [0.1, 0.15) is 0 Å². The van der Waals surface area contributed by atoms with E-state index in [2.05, 4.69) is 0 Å². The first kappa shape index (κ1) is 15.0. The van der Waals surface area contributed by atoms with Crippen LogP contribution in [0, 0.1) is 0 Å². The van der Waals surface area contributed by atoms with Gasteiger partial charge in [0, 0.05) is 25.7 Å². The molecule has 0 bridgehead atoms. The van der Waals surface area contributed by atoms with Gasteiger partial charge in [-0.3, -0.25) is 8.42 Å². The maximum Gasteiger partial charge on any atom is 0.156 e. The van der Waals surface area contributed by atoms with Gasteiger partial charge in [0.2, 0.25) is 0 Å². The van der Waals surface area contributed by atoms with Crippen LogP contribution in [0.3, 0.4) is 0 Å². The van der Waals surface area contributed by atoms with Crippen molar-refractivity contribution in [1.82, 2.24) is 0 Å². The molecule has 2 atom stereocenters. The number of ether oxygens (including phenoxy) is 2. The molecule has 4 nitrogen and oxygen atoms in total. The highest BCUT2D eigenvalue weighted by Crippen LogP contribution is 2.18. The van der Waals surface area contributed by atoms with Crippen molar-refractivity contribution in [3.63, 3.8) is 0 Å². The molecule has 1 saturated heterocycles. The minimum absolute atomic E-state index is 0.184. The van der Waals surface area contributed by atoms with Gasteiger partial charge in [-0.25, -0.2) is 0 Å². The SMILES string of the molecule is COC(CCCC=C1[S@](=O)CCC[S@]1=O)OC. The Hall–Kier alpha value is -0.0400. The summed E-state index contributed by atoms with van der Waals surface area (Å²) in [7, 11) is 1.16. The summed E-state index contributed by atoms with van der Waals surface area (Å²) in [5.41, 5.74) is 0. The molecule has 1 aliphatic rings. The Morgan fingerprint density at radius 3 is 2.35 bits per heavy atom. The standard InChI is InChI=1S/C11H20O4S2/c1-14-10(15-2)6-3-4-7-11-16(12)8-5-9-17(11)13/h7,10H,3-6,8-9H2,1-2H3/t16-,17-/m1/s1. The molecule has 0 aromatic carbocycles.